The van der Waals surface area contributed by atoms with Gasteiger partial charge in [-0.25, -0.2) is 9.59 Å². The Labute approximate surface area is 121 Å². The molecule has 0 bridgehead atoms. The van der Waals surface area contributed by atoms with Gasteiger partial charge in [0.2, 0.25) is 5.91 Å². The van der Waals surface area contributed by atoms with E-state index in [1.165, 1.54) is 16.7 Å². The second-order valence-corrected chi connectivity index (χ2v) is 6.28. The average Bonchev–Trinajstić information content (AvgIpc) is 2.87. The molecular weight excluding hydrogens is 282 g/mol. The summed E-state index contributed by atoms with van der Waals surface area (Å²) in [6.45, 7) is 2.19. The van der Waals surface area contributed by atoms with E-state index in [4.69, 9.17) is 10.8 Å². The van der Waals surface area contributed by atoms with E-state index in [9.17, 15) is 14.4 Å². The van der Waals surface area contributed by atoms with E-state index in [2.05, 4.69) is 0 Å². The molecule has 0 saturated carbocycles. The Kier molecular flexibility index (Phi) is 4.42. The number of nitrogens with zero attached hydrogens (tertiary/aromatic N) is 2. The van der Waals surface area contributed by atoms with Crippen molar-refractivity contribution in [2.24, 2.45) is 11.7 Å². The molecular formula is C12H19N3O4S. The summed E-state index contributed by atoms with van der Waals surface area (Å²) in [7, 11) is 0. The zero-order valence-electron chi connectivity index (χ0n) is 11.3. The number of nitrogens with two attached hydrogens (primary N) is 1. The van der Waals surface area contributed by atoms with Gasteiger partial charge < -0.3 is 20.6 Å². The van der Waals surface area contributed by atoms with Gasteiger partial charge in [0, 0.05) is 18.3 Å². The number of primary amides is 1. The number of aliphatic carboxylic acids is 1. The lowest BCUT2D eigenvalue weighted by Crippen LogP contribution is -2.55. The molecule has 3 unspecified atom stereocenters. The van der Waals surface area contributed by atoms with Crippen LogP contribution in [0.2, 0.25) is 0 Å². The monoisotopic (exact) mass is 301 g/mol. The Morgan fingerprint density at radius 1 is 1.25 bits per heavy atom. The second kappa shape index (κ2) is 5.90. The van der Waals surface area contributed by atoms with Crippen molar-refractivity contribution in [3.05, 3.63) is 0 Å². The van der Waals surface area contributed by atoms with E-state index in [0.29, 0.717) is 24.5 Å². The maximum absolute atomic E-state index is 12.5. The zero-order valence-corrected chi connectivity index (χ0v) is 12.1. The van der Waals surface area contributed by atoms with Gasteiger partial charge in [-0.15, -0.1) is 11.8 Å². The van der Waals surface area contributed by atoms with Gasteiger partial charge in [-0.3, -0.25) is 4.79 Å². The van der Waals surface area contributed by atoms with E-state index >= 15 is 0 Å². The van der Waals surface area contributed by atoms with Crippen LogP contribution in [0.25, 0.3) is 0 Å². The first-order valence-electron chi connectivity index (χ1n) is 6.59. The normalized spacial score (nSPS) is 30.4. The van der Waals surface area contributed by atoms with Crippen molar-refractivity contribution < 1.29 is 19.5 Å². The average molecular weight is 301 g/mol. The maximum atomic E-state index is 12.5. The van der Waals surface area contributed by atoms with Gasteiger partial charge in [0.05, 0.1) is 11.8 Å². The predicted octanol–water partition coefficient (Wildman–Crippen LogP) is 0.152. The molecule has 2 aliphatic rings. The Bertz CT molecular complexity index is 431. The summed E-state index contributed by atoms with van der Waals surface area (Å²) in [6, 6.07) is -1.09. The van der Waals surface area contributed by atoms with Gasteiger partial charge in [-0.05, 0) is 19.8 Å². The summed E-state index contributed by atoms with van der Waals surface area (Å²) >= 11 is 1.43. The molecule has 3 N–H and O–H groups in total. The highest BCUT2D eigenvalue weighted by molar-refractivity contribution is 7.99. The van der Waals surface area contributed by atoms with Crippen molar-refractivity contribution in [2.75, 3.05) is 18.2 Å². The van der Waals surface area contributed by atoms with E-state index in [0.717, 1.165) is 0 Å². The Morgan fingerprint density at radius 3 is 2.55 bits per heavy atom. The van der Waals surface area contributed by atoms with Crippen LogP contribution in [0.3, 0.4) is 0 Å². The van der Waals surface area contributed by atoms with Crippen molar-refractivity contribution in [3.8, 4) is 0 Å². The summed E-state index contributed by atoms with van der Waals surface area (Å²) in [5.41, 5.74) is 5.32. The molecule has 0 aliphatic carbocycles. The van der Waals surface area contributed by atoms with Crippen LogP contribution in [0.1, 0.15) is 19.8 Å². The number of carboxylic acids is 1. The largest absolute Gasteiger partial charge is 0.480 e. The molecule has 2 heterocycles. The fourth-order valence-electron chi connectivity index (χ4n) is 2.61. The van der Waals surface area contributed by atoms with Crippen LogP contribution in [-0.4, -0.2) is 63.1 Å². The lowest BCUT2D eigenvalue weighted by Gasteiger charge is -2.39. The van der Waals surface area contributed by atoms with Gasteiger partial charge >= 0.3 is 12.0 Å². The number of hydrogen-bond donors (Lipinski definition) is 2. The number of hydrogen-bond acceptors (Lipinski definition) is 4. The molecule has 2 aliphatic heterocycles. The third kappa shape index (κ3) is 2.84. The molecule has 8 heteroatoms. The Morgan fingerprint density at radius 2 is 1.95 bits per heavy atom. The van der Waals surface area contributed by atoms with Crippen molar-refractivity contribution >= 4 is 29.7 Å². The van der Waals surface area contributed by atoms with Gasteiger partial charge in [0.1, 0.15) is 6.04 Å². The molecule has 7 nitrogen and oxygen atoms in total. The minimum Gasteiger partial charge on any atom is -0.480 e. The van der Waals surface area contributed by atoms with Crippen molar-refractivity contribution in [1.82, 2.24) is 9.80 Å². The fourth-order valence-corrected chi connectivity index (χ4v) is 3.74. The number of carbonyl (C=O) groups excluding carboxylic acids is 2. The summed E-state index contributed by atoms with van der Waals surface area (Å²) in [5.74, 6) is -0.948. The maximum Gasteiger partial charge on any atom is 0.327 e. The van der Waals surface area contributed by atoms with E-state index in [1.807, 2.05) is 6.92 Å². The number of rotatable bonds is 2. The Hall–Kier alpha value is -1.44. The number of amides is 3. The molecule has 0 aromatic heterocycles. The summed E-state index contributed by atoms with van der Waals surface area (Å²) < 4.78 is 0. The third-order valence-electron chi connectivity index (χ3n) is 3.94. The predicted molar refractivity (Wildman–Crippen MR) is 74.1 cm³/mol. The Balaban J connectivity index is 2.10. The molecule has 3 amide bonds. The minimum atomic E-state index is -0.987. The van der Waals surface area contributed by atoms with Crippen LogP contribution in [0.5, 0.6) is 0 Å². The van der Waals surface area contributed by atoms with Gasteiger partial charge in [-0.2, -0.15) is 0 Å². The summed E-state index contributed by atoms with van der Waals surface area (Å²) in [5, 5.41) is 9.14. The molecule has 0 radical (unpaired) electrons. The first-order chi connectivity index (χ1) is 9.41. The standard InChI is InChI=1S/C12H19N3O4S/c1-7-2-3-8(10(13)16)4-14(7)12(19)15-6-20-5-9(15)11(17)18/h7-9H,2-6H2,1H3,(H2,13,16)(H,17,18). The van der Waals surface area contributed by atoms with Crippen LogP contribution in [0, 0.1) is 5.92 Å². The van der Waals surface area contributed by atoms with Crippen LogP contribution < -0.4 is 5.73 Å². The molecule has 0 aromatic rings. The third-order valence-corrected chi connectivity index (χ3v) is 4.96. The molecule has 2 saturated heterocycles. The number of likely N-dealkylation sites (tertiary alicyclic amines) is 1. The van der Waals surface area contributed by atoms with Gasteiger partial charge in [-0.1, -0.05) is 0 Å². The zero-order chi connectivity index (χ0) is 14.9. The highest BCUT2D eigenvalue weighted by Crippen LogP contribution is 2.27. The SMILES string of the molecule is CC1CCC(C(N)=O)CN1C(=O)N1CSCC1C(=O)O. The molecule has 0 aromatic carbocycles. The minimum absolute atomic E-state index is 0.00172. The lowest BCUT2D eigenvalue weighted by molar-refractivity contribution is -0.141. The van der Waals surface area contributed by atoms with Crippen LogP contribution in [0.15, 0.2) is 0 Å². The second-order valence-electron chi connectivity index (χ2n) is 5.28. The number of urea groups is 1. The van der Waals surface area contributed by atoms with E-state index < -0.39 is 17.9 Å². The van der Waals surface area contributed by atoms with Crippen molar-refractivity contribution in [3.63, 3.8) is 0 Å². The molecule has 0 spiro atoms. The highest BCUT2D eigenvalue weighted by Gasteiger charge is 2.40. The first-order valence-corrected chi connectivity index (χ1v) is 7.74. The van der Waals surface area contributed by atoms with Crippen LogP contribution >= 0.6 is 11.8 Å². The van der Waals surface area contributed by atoms with Gasteiger partial charge in [0.15, 0.2) is 0 Å². The fraction of sp³-hybridized carbons (Fsp3) is 0.750. The molecule has 20 heavy (non-hydrogen) atoms. The first kappa shape index (κ1) is 15.0. The summed E-state index contributed by atoms with van der Waals surface area (Å²) in [4.78, 5) is 37.9. The van der Waals surface area contributed by atoms with Crippen LogP contribution in [0.4, 0.5) is 4.79 Å². The van der Waals surface area contributed by atoms with Gasteiger partial charge in [0.25, 0.3) is 0 Å². The molecule has 112 valence electrons. The van der Waals surface area contributed by atoms with E-state index in [1.54, 1.807) is 4.90 Å². The topological polar surface area (TPSA) is 104 Å². The number of carboxylic acid groups (broad SMARTS) is 1. The molecule has 2 rings (SSSR count). The lowest BCUT2D eigenvalue weighted by atomic mass is 9.93. The number of carbonyl (C=O) groups is 3. The smallest absolute Gasteiger partial charge is 0.327 e. The van der Waals surface area contributed by atoms with E-state index in [-0.39, 0.29) is 24.5 Å². The highest BCUT2D eigenvalue weighted by atomic mass is 32.2. The quantitative estimate of drug-likeness (QED) is 0.755. The van der Waals surface area contributed by atoms with Crippen molar-refractivity contribution in [2.45, 2.75) is 31.8 Å². The summed E-state index contributed by atoms with van der Waals surface area (Å²) in [6.07, 6.45) is 1.38. The molecule has 3 atom stereocenters. The van der Waals surface area contributed by atoms with Crippen molar-refractivity contribution in [1.29, 1.82) is 0 Å². The number of thioether (sulfide) groups is 1. The number of piperidine rings is 1. The molecule has 2 fully saturated rings. The van der Waals surface area contributed by atoms with Crippen LogP contribution in [-0.2, 0) is 9.59 Å².